The Kier molecular flexibility index (Phi) is 20.5. The Morgan fingerprint density at radius 1 is 0.833 bits per heavy atom. The Morgan fingerprint density at radius 2 is 1.30 bits per heavy atom. The highest BCUT2D eigenvalue weighted by molar-refractivity contribution is 5.63. The molecule has 2 aromatic carbocycles. The molecule has 0 saturated carbocycles. The van der Waals surface area contributed by atoms with Gasteiger partial charge >= 0.3 is 0 Å². The molecule has 3 heteroatoms. The van der Waals surface area contributed by atoms with E-state index < -0.39 is 0 Å². The van der Waals surface area contributed by atoms with Gasteiger partial charge in [0.25, 0.3) is 0 Å². The maximum atomic E-state index is 7.57. The summed E-state index contributed by atoms with van der Waals surface area (Å²) in [4.78, 5) is 0. The van der Waals surface area contributed by atoms with E-state index in [-0.39, 0.29) is 27.6 Å². The molecule has 0 unspecified atom stereocenters. The third-order valence-electron chi connectivity index (χ3n) is 4.15. The molecule has 2 N–H and O–H groups in total. The molecule has 0 radical (unpaired) electrons. The molecular weight excluding hydrogens is 372 g/mol. The summed E-state index contributed by atoms with van der Waals surface area (Å²) in [6.45, 7) is 12.9. The average molecular weight is 419 g/mol. The van der Waals surface area contributed by atoms with Crippen LogP contribution in [0.25, 0.3) is 6.08 Å². The highest BCUT2D eigenvalue weighted by Gasteiger charge is 2.19. The summed E-state index contributed by atoms with van der Waals surface area (Å²) >= 11 is 0. The highest BCUT2D eigenvalue weighted by Crippen LogP contribution is 2.32. The van der Waals surface area contributed by atoms with Gasteiger partial charge in [-0.05, 0) is 49.0 Å². The fraction of sp³-hybridized carbons (Fsp3) is 0.481. The molecular formula is C27H46O3. The van der Waals surface area contributed by atoms with Crippen LogP contribution >= 0.6 is 0 Å². The number of ether oxygens (including phenoxy) is 1. The Balaban J connectivity index is -0.000000398. The third kappa shape index (κ3) is 11.8. The standard InChI is InChI=1S/C13H16O.C9H12.C2H6O.CH4O.2CH4/c1-9(2)12-8-11-6-4-5-7-13(11)14-10(12)3;1-8(2)9-6-4-3-5-7-9;1-2-3;1-2;;/h4-10H,1-3H3;3-8H,1-2H3;3H,2H2,1H3;2H,1H3;2*1H4/t10-;;;;;/m0...../s1. The van der Waals surface area contributed by atoms with Crippen LogP contribution in [-0.2, 0) is 0 Å². The molecule has 2 aromatic rings. The number of hydrogen-bond donors (Lipinski definition) is 2. The smallest absolute Gasteiger partial charge is 0.127 e. The number of fused-ring (bicyclic) bond motifs is 1. The fourth-order valence-corrected chi connectivity index (χ4v) is 2.74. The number of hydrogen-bond acceptors (Lipinski definition) is 3. The molecule has 0 aliphatic carbocycles. The van der Waals surface area contributed by atoms with Gasteiger partial charge in [-0.2, -0.15) is 0 Å². The van der Waals surface area contributed by atoms with Gasteiger partial charge in [-0.3, -0.25) is 0 Å². The average Bonchev–Trinajstić information content (AvgIpc) is 2.70. The van der Waals surface area contributed by atoms with Gasteiger partial charge in [-0.15, -0.1) is 0 Å². The summed E-state index contributed by atoms with van der Waals surface area (Å²) in [5.74, 6) is 2.22. The van der Waals surface area contributed by atoms with Gasteiger partial charge < -0.3 is 14.9 Å². The molecule has 1 aliphatic rings. The quantitative estimate of drug-likeness (QED) is 0.542. The van der Waals surface area contributed by atoms with E-state index in [0.29, 0.717) is 11.8 Å². The Hall–Kier alpha value is -2.10. The second kappa shape index (κ2) is 18.9. The summed E-state index contributed by atoms with van der Waals surface area (Å²) in [7, 11) is 1.00. The van der Waals surface area contributed by atoms with E-state index in [2.05, 4.69) is 71.0 Å². The zero-order valence-electron chi connectivity index (χ0n) is 18.5. The predicted octanol–water partition coefficient (Wildman–Crippen LogP) is 7.20. The fourth-order valence-electron chi connectivity index (χ4n) is 2.74. The molecule has 0 spiro atoms. The number of aliphatic hydroxyl groups is 2. The van der Waals surface area contributed by atoms with E-state index >= 15 is 0 Å². The van der Waals surface area contributed by atoms with E-state index in [0.717, 1.165) is 12.9 Å². The summed E-state index contributed by atoms with van der Waals surface area (Å²) in [5.41, 5.74) is 4.00. The predicted molar refractivity (Wildman–Crippen MR) is 134 cm³/mol. The van der Waals surface area contributed by atoms with Crippen LogP contribution in [-0.4, -0.2) is 30.0 Å². The topological polar surface area (TPSA) is 49.7 Å². The van der Waals surface area contributed by atoms with Crippen LogP contribution in [0.2, 0.25) is 0 Å². The van der Waals surface area contributed by atoms with Crippen LogP contribution in [0.15, 0.2) is 60.2 Å². The van der Waals surface area contributed by atoms with Crippen molar-refractivity contribution in [2.75, 3.05) is 13.7 Å². The lowest BCUT2D eigenvalue weighted by molar-refractivity contribution is 0.241. The van der Waals surface area contributed by atoms with Crippen molar-refractivity contribution in [2.24, 2.45) is 5.92 Å². The second-order valence-corrected chi connectivity index (χ2v) is 6.98. The van der Waals surface area contributed by atoms with Crippen LogP contribution in [0.3, 0.4) is 0 Å². The monoisotopic (exact) mass is 418 g/mol. The van der Waals surface area contributed by atoms with Crippen molar-refractivity contribution in [3.8, 4) is 5.75 Å². The van der Waals surface area contributed by atoms with E-state index in [1.54, 1.807) is 6.92 Å². The SMILES string of the molecule is C.C.CC(C)C1=Cc2ccccc2O[C@H]1C.CC(C)c1ccccc1.CCO.CO. The lowest BCUT2D eigenvalue weighted by Crippen LogP contribution is -2.21. The molecule has 0 amide bonds. The third-order valence-corrected chi connectivity index (χ3v) is 4.15. The Bertz CT molecular complexity index is 661. The molecule has 172 valence electrons. The first-order valence-corrected chi connectivity index (χ1v) is 9.98. The van der Waals surface area contributed by atoms with Crippen LogP contribution in [0.5, 0.6) is 5.75 Å². The van der Waals surface area contributed by atoms with Crippen LogP contribution in [0.4, 0.5) is 0 Å². The first-order chi connectivity index (χ1) is 13.4. The van der Waals surface area contributed by atoms with E-state index in [1.807, 2.05) is 24.3 Å². The highest BCUT2D eigenvalue weighted by atomic mass is 16.5. The zero-order valence-corrected chi connectivity index (χ0v) is 18.5. The molecule has 3 nitrogen and oxygen atoms in total. The van der Waals surface area contributed by atoms with Crippen LogP contribution in [0.1, 0.15) is 73.4 Å². The largest absolute Gasteiger partial charge is 0.486 e. The molecule has 1 atom stereocenters. The number of benzene rings is 2. The molecule has 1 heterocycles. The lowest BCUT2D eigenvalue weighted by Gasteiger charge is -2.26. The van der Waals surface area contributed by atoms with Crippen molar-refractivity contribution >= 4 is 6.08 Å². The van der Waals surface area contributed by atoms with Crippen molar-refractivity contribution in [1.29, 1.82) is 0 Å². The summed E-state index contributed by atoms with van der Waals surface area (Å²) in [6.07, 6.45) is 2.47. The number of rotatable bonds is 2. The van der Waals surface area contributed by atoms with Crippen molar-refractivity contribution in [3.05, 3.63) is 71.3 Å². The van der Waals surface area contributed by atoms with Crippen molar-refractivity contribution < 1.29 is 14.9 Å². The zero-order chi connectivity index (χ0) is 21.5. The lowest BCUT2D eigenvalue weighted by atomic mass is 9.94. The van der Waals surface area contributed by atoms with Gasteiger partial charge in [0.2, 0.25) is 0 Å². The molecule has 1 aliphatic heterocycles. The normalized spacial score (nSPS) is 13.2. The van der Waals surface area contributed by atoms with Gasteiger partial charge in [0.1, 0.15) is 11.9 Å². The molecule has 0 saturated heterocycles. The van der Waals surface area contributed by atoms with Crippen molar-refractivity contribution in [3.63, 3.8) is 0 Å². The summed E-state index contributed by atoms with van der Waals surface area (Å²) in [5, 5.41) is 14.6. The van der Waals surface area contributed by atoms with Gasteiger partial charge in [0, 0.05) is 19.3 Å². The first kappa shape index (κ1) is 32.6. The van der Waals surface area contributed by atoms with E-state index in [1.165, 1.54) is 16.7 Å². The van der Waals surface area contributed by atoms with Gasteiger partial charge in [0.15, 0.2) is 0 Å². The number of aliphatic hydroxyl groups excluding tert-OH is 2. The minimum atomic E-state index is 0. The summed E-state index contributed by atoms with van der Waals surface area (Å²) < 4.78 is 5.84. The van der Waals surface area contributed by atoms with Gasteiger partial charge in [-0.25, -0.2) is 0 Å². The minimum absolute atomic E-state index is 0. The van der Waals surface area contributed by atoms with Gasteiger partial charge in [-0.1, -0.05) is 91.1 Å². The Labute approximate surface area is 186 Å². The van der Waals surface area contributed by atoms with E-state index in [9.17, 15) is 0 Å². The maximum Gasteiger partial charge on any atom is 0.127 e. The van der Waals surface area contributed by atoms with Crippen molar-refractivity contribution in [1.82, 2.24) is 0 Å². The van der Waals surface area contributed by atoms with E-state index in [4.69, 9.17) is 14.9 Å². The van der Waals surface area contributed by atoms with Crippen LogP contribution in [0, 0.1) is 5.92 Å². The summed E-state index contributed by atoms with van der Waals surface area (Å²) in [6, 6.07) is 18.7. The molecule has 0 bridgehead atoms. The molecule has 0 aromatic heterocycles. The number of para-hydroxylation sites is 1. The van der Waals surface area contributed by atoms with Gasteiger partial charge in [0.05, 0.1) is 0 Å². The maximum absolute atomic E-state index is 7.57. The first-order valence-electron chi connectivity index (χ1n) is 9.98. The van der Waals surface area contributed by atoms with Crippen LogP contribution < -0.4 is 4.74 Å². The van der Waals surface area contributed by atoms with Crippen molar-refractivity contribution in [2.45, 2.75) is 68.4 Å². The molecule has 3 rings (SSSR count). The Morgan fingerprint density at radius 3 is 1.73 bits per heavy atom. The minimum Gasteiger partial charge on any atom is -0.486 e. The second-order valence-electron chi connectivity index (χ2n) is 6.98. The molecule has 0 fully saturated rings. The molecule has 30 heavy (non-hydrogen) atoms.